The molecule has 0 aliphatic heterocycles. The van der Waals surface area contributed by atoms with Gasteiger partial charge >= 0.3 is 6.09 Å². The number of benzene rings is 2. The number of hydrogen-bond acceptors (Lipinski definition) is 7. The second kappa shape index (κ2) is 10.3. The van der Waals surface area contributed by atoms with Crippen molar-refractivity contribution < 1.29 is 19.4 Å². The number of halogens is 2. The molecule has 33 heavy (non-hydrogen) atoms. The maximum Gasteiger partial charge on any atom is 0.411 e. The van der Waals surface area contributed by atoms with Crippen molar-refractivity contribution in [1.29, 1.82) is 5.26 Å². The third kappa shape index (κ3) is 5.88. The number of anilines is 1. The van der Waals surface area contributed by atoms with Crippen LogP contribution in [-0.4, -0.2) is 27.4 Å². The fourth-order valence-electron chi connectivity index (χ4n) is 2.56. The molecule has 0 unspecified atom stereocenters. The lowest BCUT2D eigenvalue weighted by molar-refractivity contribution is -0.114. The number of ether oxygens (including phenoxy) is 1. The number of carbonyl (C=O) groups excluding carboxylic acids is 1. The van der Waals surface area contributed by atoms with Crippen LogP contribution in [0.4, 0.5) is 10.5 Å². The summed E-state index contributed by atoms with van der Waals surface area (Å²) in [5.41, 5.74) is 2.25. The van der Waals surface area contributed by atoms with Crippen LogP contribution in [0, 0.1) is 11.3 Å². The number of carboxylic acid groups (broad SMARTS) is 1. The van der Waals surface area contributed by atoms with Gasteiger partial charge in [-0.05, 0) is 30.3 Å². The third-order valence-electron chi connectivity index (χ3n) is 3.97. The van der Waals surface area contributed by atoms with Gasteiger partial charge in [-0.25, -0.2) is 4.79 Å². The SMILES string of the molecule is N#CC(=NNc1cc(Cl)c(Oc2ccc(=O)n(-c3ccccc3)c2)c(Cl)c1)C(=O)NC(=O)O. The number of aromatic nitrogens is 1. The molecule has 12 heteroatoms. The molecule has 2 aromatic carbocycles. The first kappa shape index (κ1) is 23.3. The van der Waals surface area contributed by atoms with E-state index < -0.39 is 17.7 Å². The highest BCUT2D eigenvalue weighted by Crippen LogP contribution is 2.38. The predicted octanol–water partition coefficient (Wildman–Crippen LogP) is 4.02. The average molecular weight is 486 g/mol. The molecule has 166 valence electrons. The van der Waals surface area contributed by atoms with Crippen LogP contribution in [-0.2, 0) is 4.79 Å². The van der Waals surface area contributed by atoms with Gasteiger partial charge in [0.2, 0.25) is 5.71 Å². The third-order valence-corrected chi connectivity index (χ3v) is 4.54. The second-order valence-corrected chi connectivity index (χ2v) is 7.04. The topological polar surface area (TPSA) is 146 Å². The van der Waals surface area contributed by atoms with Gasteiger partial charge in [-0.1, -0.05) is 41.4 Å². The van der Waals surface area contributed by atoms with Gasteiger partial charge in [0.15, 0.2) is 5.75 Å². The predicted molar refractivity (Wildman–Crippen MR) is 121 cm³/mol. The van der Waals surface area contributed by atoms with Crippen LogP contribution < -0.4 is 21.0 Å². The first-order valence-corrected chi connectivity index (χ1v) is 9.77. The number of imide groups is 1. The summed E-state index contributed by atoms with van der Waals surface area (Å²) in [6.45, 7) is 0. The lowest BCUT2D eigenvalue weighted by atomic mass is 10.3. The van der Waals surface area contributed by atoms with E-state index in [1.807, 2.05) is 6.07 Å². The first-order chi connectivity index (χ1) is 15.8. The van der Waals surface area contributed by atoms with Crippen LogP contribution in [0.3, 0.4) is 0 Å². The number of hydrogen-bond donors (Lipinski definition) is 3. The molecule has 0 aliphatic rings. The molecule has 3 N–H and O–H groups in total. The molecule has 0 bridgehead atoms. The normalized spacial score (nSPS) is 10.8. The number of amides is 2. The van der Waals surface area contributed by atoms with Crippen LogP contribution in [0.2, 0.25) is 10.0 Å². The number of pyridine rings is 1. The van der Waals surface area contributed by atoms with E-state index in [4.69, 9.17) is 38.3 Å². The lowest BCUT2D eigenvalue weighted by Crippen LogP contribution is -2.34. The van der Waals surface area contributed by atoms with Crippen LogP contribution in [0.5, 0.6) is 11.5 Å². The summed E-state index contributed by atoms with van der Waals surface area (Å²) < 4.78 is 7.17. The summed E-state index contributed by atoms with van der Waals surface area (Å²) in [6, 6.07) is 15.9. The zero-order chi connectivity index (χ0) is 24.0. The Kier molecular flexibility index (Phi) is 7.30. The monoisotopic (exact) mass is 485 g/mol. The molecule has 1 aromatic heterocycles. The Morgan fingerprint density at radius 3 is 2.36 bits per heavy atom. The first-order valence-electron chi connectivity index (χ1n) is 9.01. The molecule has 0 atom stereocenters. The zero-order valence-corrected chi connectivity index (χ0v) is 18.0. The number of carbonyl (C=O) groups is 2. The van der Waals surface area contributed by atoms with Crippen LogP contribution in [0.25, 0.3) is 5.69 Å². The van der Waals surface area contributed by atoms with Gasteiger partial charge in [0.25, 0.3) is 11.5 Å². The molecule has 0 saturated carbocycles. The molecule has 0 saturated heterocycles. The van der Waals surface area contributed by atoms with Crippen molar-refractivity contribution in [3.05, 3.63) is 81.2 Å². The minimum atomic E-state index is -1.63. The average Bonchev–Trinajstić information content (AvgIpc) is 2.78. The maximum absolute atomic E-state index is 12.2. The molecular weight excluding hydrogens is 473 g/mol. The fraction of sp³-hybridized carbons (Fsp3) is 0. The molecule has 10 nitrogen and oxygen atoms in total. The van der Waals surface area contributed by atoms with E-state index in [1.165, 1.54) is 46.4 Å². The van der Waals surface area contributed by atoms with Crippen LogP contribution in [0.1, 0.15) is 0 Å². The standard InChI is InChI=1S/C21H13Cl2N5O5/c22-15-8-12(26-27-17(10-24)20(30)25-21(31)32)9-16(23)19(15)33-14-6-7-18(29)28(11-14)13-4-2-1-3-5-13/h1-9,11,26H,(H,25,30)(H,31,32). The number of para-hydroxylation sites is 1. The molecular formula is C21H13Cl2N5O5. The minimum absolute atomic E-state index is 0.0613. The number of rotatable bonds is 6. The van der Waals surface area contributed by atoms with E-state index in [1.54, 1.807) is 24.3 Å². The quantitative estimate of drug-likeness (QED) is 0.352. The van der Waals surface area contributed by atoms with Crippen LogP contribution >= 0.6 is 23.2 Å². The summed E-state index contributed by atoms with van der Waals surface area (Å²) in [6.07, 6.45) is -0.143. The van der Waals surface area contributed by atoms with Gasteiger partial charge in [0.05, 0.1) is 21.9 Å². The molecule has 0 aliphatic carbocycles. The zero-order valence-electron chi connectivity index (χ0n) is 16.5. The number of hydrazone groups is 1. The van der Waals surface area contributed by atoms with Crippen molar-refractivity contribution in [1.82, 2.24) is 9.88 Å². The van der Waals surface area contributed by atoms with Crippen LogP contribution in [0.15, 0.2) is 70.7 Å². The summed E-state index contributed by atoms with van der Waals surface area (Å²) in [5, 5.41) is 22.7. The van der Waals surface area contributed by atoms with Crippen molar-refractivity contribution in [3.63, 3.8) is 0 Å². The highest BCUT2D eigenvalue weighted by molar-refractivity contribution is 6.46. The van der Waals surface area contributed by atoms with E-state index in [2.05, 4.69) is 10.5 Å². The van der Waals surface area contributed by atoms with Crippen molar-refractivity contribution in [2.45, 2.75) is 0 Å². The van der Waals surface area contributed by atoms with E-state index in [9.17, 15) is 14.4 Å². The molecule has 0 fully saturated rings. The largest absolute Gasteiger partial charge is 0.465 e. The number of nitriles is 1. The Hall–Kier alpha value is -4.33. The van der Waals surface area contributed by atoms with E-state index in [-0.39, 0.29) is 32.8 Å². The highest BCUT2D eigenvalue weighted by atomic mass is 35.5. The number of nitrogens with zero attached hydrogens (tertiary/aromatic N) is 3. The summed E-state index contributed by atoms with van der Waals surface area (Å²) in [5.74, 6) is -0.823. The van der Waals surface area contributed by atoms with Gasteiger partial charge in [0, 0.05) is 11.8 Å². The fourth-order valence-corrected chi connectivity index (χ4v) is 3.13. The highest BCUT2D eigenvalue weighted by Gasteiger charge is 2.15. The molecule has 3 aromatic rings. The van der Waals surface area contributed by atoms with Gasteiger partial charge in [-0.15, -0.1) is 0 Å². The Labute approximate surface area is 196 Å². The smallest absolute Gasteiger partial charge is 0.411 e. The van der Waals surface area contributed by atoms with E-state index in [0.29, 0.717) is 5.69 Å². The van der Waals surface area contributed by atoms with Gasteiger partial charge < -0.3 is 9.84 Å². The van der Waals surface area contributed by atoms with Gasteiger partial charge in [0.1, 0.15) is 11.8 Å². The second-order valence-electron chi connectivity index (χ2n) is 6.22. The van der Waals surface area contributed by atoms with Crippen molar-refractivity contribution >= 4 is 46.6 Å². The summed E-state index contributed by atoms with van der Waals surface area (Å²) in [4.78, 5) is 34.3. The number of nitrogens with one attached hydrogen (secondary N) is 2. The Bertz CT molecular complexity index is 1330. The molecule has 2 amide bonds. The van der Waals surface area contributed by atoms with Crippen molar-refractivity contribution in [2.75, 3.05) is 5.43 Å². The summed E-state index contributed by atoms with van der Waals surface area (Å²) >= 11 is 12.5. The molecule has 0 radical (unpaired) electrons. The summed E-state index contributed by atoms with van der Waals surface area (Å²) in [7, 11) is 0. The Morgan fingerprint density at radius 1 is 1.09 bits per heavy atom. The molecule has 1 heterocycles. The molecule has 0 spiro atoms. The Morgan fingerprint density at radius 2 is 1.76 bits per heavy atom. The molecule has 3 rings (SSSR count). The van der Waals surface area contributed by atoms with Crippen molar-refractivity contribution in [2.24, 2.45) is 5.10 Å². The van der Waals surface area contributed by atoms with E-state index in [0.717, 1.165) is 0 Å². The Balaban J connectivity index is 1.84. The maximum atomic E-state index is 12.2. The van der Waals surface area contributed by atoms with Gasteiger partial charge in [-0.3, -0.25) is 24.9 Å². The lowest BCUT2D eigenvalue weighted by Gasteiger charge is -2.13. The minimum Gasteiger partial charge on any atom is -0.465 e. The van der Waals surface area contributed by atoms with Gasteiger partial charge in [-0.2, -0.15) is 10.4 Å². The van der Waals surface area contributed by atoms with E-state index >= 15 is 0 Å². The van der Waals surface area contributed by atoms with Crippen molar-refractivity contribution in [3.8, 4) is 23.3 Å².